The monoisotopic (exact) mass is 227 g/mol. The zero-order valence-corrected chi connectivity index (χ0v) is 9.33. The lowest BCUT2D eigenvalue weighted by molar-refractivity contribution is 0.415. The molecule has 0 bridgehead atoms. The second-order valence-electron chi connectivity index (χ2n) is 3.41. The van der Waals surface area contributed by atoms with Crippen LogP contribution < -0.4 is 9.04 Å². The molecule has 0 saturated carbocycles. The summed E-state index contributed by atoms with van der Waals surface area (Å²) in [5, 5.41) is 0. The minimum Gasteiger partial charge on any atom is -0.495 e. The zero-order valence-electron chi connectivity index (χ0n) is 8.51. The van der Waals surface area contributed by atoms with Crippen molar-refractivity contribution in [3.63, 3.8) is 0 Å². The maximum atomic E-state index is 11.7. The standard InChI is InChI=1S/C10H13NO3S/c1-14-10-6-3-2-5-9(10)11-7-4-8-15(11,12)13/h2-3,5-6H,4,7-8H2,1H3. The summed E-state index contributed by atoms with van der Waals surface area (Å²) in [6.45, 7) is 0.544. The van der Waals surface area contributed by atoms with Gasteiger partial charge >= 0.3 is 0 Å². The molecule has 0 radical (unpaired) electrons. The Labute approximate surface area is 89.5 Å². The van der Waals surface area contributed by atoms with Crippen LogP contribution in [-0.2, 0) is 10.0 Å². The molecule has 0 spiro atoms. The van der Waals surface area contributed by atoms with Crippen molar-refractivity contribution in [2.45, 2.75) is 6.42 Å². The molecule has 0 aromatic heterocycles. The summed E-state index contributed by atoms with van der Waals surface area (Å²) in [5.41, 5.74) is 0.637. The Morgan fingerprint density at radius 1 is 1.33 bits per heavy atom. The van der Waals surface area contributed by atoms with Crippen LogP contribution in [0.25, 0.3) is 0 Å². The van der Waals surface area contributed by atoms with Gasteiger partial charge in [-0.1, -0.05) is 12.1 Å². The SMILES string of the molecule is COc1ccccc1N1CCCS1(=O)=O. The van der Waals surface area contributed by atoms with Crippen molar-refractivity contribution in [3.05, 3.63) is 24.3 Å². The van der Waals surface area contributed by atoms with Crippen LogP contribution in [0.3, 0.4) is 0 Å². The Hall–Kier alpha value is -1.23. The topological polar surface area (TPSA) is 46.6 Å². The van der Waals surface area contributed by atoms with E-state index >= 15 is 0 Å². The van der Waals surface area contributed by atoms with Crippen molar-refractivity contribution in [1.82, 2.24) is 0 Å². The molecule has 1 aromatic rings. The maximum Gasteiger partial charge on any atom is 0.235 e. The molecule has 0 unspecified atom stereocenters. The number of methoxy groups -OCH3 is 1. The summed E-state index contributed by atoms with van der Waals surface area (Å²) < 4.78 is 30.0. The number of rotatable bonds is 2. The third-order valence-corrected chi connectivity index (χ3v) is 4.31. The number of ether oxygens (including phenoxy) is 1. The van der Waals surface area contributed by atoms with Crippen LogP contribution in [0.4, 0.5) is 5.69 Å². The molecule has 0 amide bonds. The molecule has 1 aliphatic rings. The molecule has 1 saturated heterocycles. The van der Waals surface area contributed by atoms with Gasteiger partial charge in [0.05, 0.1) is 18.6 Å². The van der Waals surface area contributed by atoms with Gasteiger partial charge in [0, 0.05) is 6.54 Å². The van der Waals surface area contributed by atoms with E-state index in [4.69, 9.17) is 4.74 Å². The molecular weight excluding hydrogens is 214 g/mol. The number of anilines is 1. The third kappa shape index (κ3) is 1.79. The van der Waals surface area contributed by atoms with Crippen LogP contribution in [0.5, 0.6) is 5.75 Å². The van der Waals surface area contributed by atoms with Gasteiger partial charge < -0.3 is 4.74 Å². The first-order chi connectivity index (χ1) is 7.15. The predicted octanol–water partition coefficient (Wildman–Crippen LogP) is 1.24. The number of hydrogen-bond acceptors (Lipinski definition) is 3. The first-order valence-electron chi connectivity index (χ1n) is 4.78. The van der Waals surface area contributed by atoms with Crippen LogP contribution >= 0.6 is 0 Å². The number of sulfonamides is 1. The van der Waals surface area contributed by atoms with E-state index in [-0.39, 0.29) is 5.75 Å². The molecule has 4 nitrogen and oxygen atoms in total. The van der Waals surface area contributed by atoms with Crippen molar-refractivity contribution in [2.24, 2.45) is 0 Å². The quantitative estimate of drug-likeness (QED) is 0.763. The Morgan fingerprint density at radius 2 is 2.07 bits per heavy atom. The van der Waals surface area contributed by atoms with Crippen molar-refractivity contribution >= 4 is 15.7 Å². The summed E-state index contributed by atoms with van der Waals surface area (Å²) in [5.74, 6) is 0.827. The fourth-order valence-corrected chi connectivity index (χ4v) is 3.32. The maximum absolute atomic E-state index is 11.7. The van der Waals surface area contributed by atoms with Gasteiger partial charge in [-0.25, -0.2) is 8.42 Å². The Kier molecular flexibility index (Phi) is 2.56. The van der Waals surface area contributed by atoms with Crippen LogP contribution in [0, 0.1) is 0 Å². The molecule has 5 heteroatoms. The van der Waals surface area contributed by atoms with Crippen molar-refractivity contribution < 1.29 is 13.2 Å². The lowest BCUT2D eigenvalue weighted by Gasteiger charge is -2.19. The van der Waals surface area contributed by atoms with Crippen LogP contribution in [0.2, 0.25) is 0 Å². The van der Waals surface area contributed by atoms with E-state index in [0.717, 1.165) is 0 Å². The van der Waals surface area contributed by atoms with E-state index in [0.29, 0.717) is 24.4 Å². The fraction of sp³-hybridized carbons (Fsp3) is 0.400. The highest BCUT2D eigenvalue weighted by molar-refractivity contribution is 7.93. The van der Waals surface area contributed by atoms with Gasteiger partial charge in [0.25, 0.3) is 0 Å². The van der Waals surface area contributed by atoms with Gasteiger partial charge in [-0.05, 0) is 18.6 Å². The predicted molar refractivity (Wildman–Crippen MR) is 58.7 cm³/mol. The van der Waals surface area contributed by atoms with Crippen molar-refractivity contribution in [3.8, 4) is 5.75 Å². The summed E-state index contributed by atoms with van der Waals surface area (Å²) >= 11 is 0. The molecule has 1 aliphatic heterocycles. The number of hydrogen-bond donors (Lipinski definition) is 0. The van der Waals surface area contributed by atoms with Gasteiger partial charge in [0.1, 0.15) is 5.75 Å². The Morgan fingerprint density at radius 3 is 2.67 bits per heavy atom. The molecular formula is C10H13NO3S. The Balaban J connectivity index is 2.45. The molecule has 0 N–H and O–H groups in total. The molecule has 1 aromatic carbocycles. The molecule has 0 atom stereocenters. The summed E-state index contributed by atoms with van der Waals surface area (Å²) in [6, 6.07) is 7.17. The van der Waals surface area contributed by atoms with E-state index in [9.17, 15) is 8.42 Å². The highest BCUT2D eigenvalue weighted by Crippen LogP contribution is 2.32. The highest BCUT2D eigenvalue weighted by atomic mass is 32.2. The van der Waals surface area contributed by atoms with Crippen molar-refractivity contribution in [2.75, 3.05) is 23.7 Å². The average Bonchev–Trinajstić information content (AvgIpc) is 2.58. The first kappa shape index (κ1) is 10.3. The molecule has 1 heterocycles. The smallest absolute Gasteiger partial charge is 0.235 e. The second-order valence-corrected chi connectivity index (χ2v) is 5.43. The van der Waals surface area contributed by atoms with Gasteiger partial charge in [0.2, 0.25) is 10.0 Å². The summed E-state index contributed by atoms with van der Waals surface area (Å²) in [4.78, 5) is 0. The third-order valence-electron chi connectivity index (χ3n) is 2.45. The van der Waals surface area contributed by atoms with E-state index in [1.54, 1.807) is 19.2 Å². The molecule has 2 rings (SSSR count). The second kappa shape index (κ2) is 3.73. The van der Waals surface area contributed by atoms with Gasteiger partial charge in [0.15, 0.2) is 0 Å². The number of para-hydroxylation sites is 2. The van der Waals surface area contributed by atoms with Crippen molar-refractivity contribution in [1.29, 1.82) is 0 Å². The van der Waals surface area contributed by atoms with E-state index in [1.807, 2.05) is 12.1 Å². The van der Waals surface area contributed by atoms with E-state index in [1.165, 1.54) is 4.31 Å². The zero-order chi connectivity index (χ0) is 10.9. The molecule has 1 fully saturated rings. The van der Waals surface area contributed by atoms with Gasteiger partial charge in [-0.15, -0.1) is 0 Å². The lowest BCUT2D eigenvalue weighted by Crippen LogP contribution is -2.25. The highest BCUT2D eigenvalue weighted by Gasteiger charge is 2.30. The average molecular weight is 227 g/mol. The normalized spacial score (nSPS) is 19.1. The number of nitrogens with zero attached hydrogens (tertiary/aromatic N) is 1. The molecule has 15 heavy (non-hydrogen) atoms. The largest absolute Gasteiger partial charge is 0.495 e. The minimum atomic E-state index is -3.12. The summed E-state index contributed by atoms with van der Waals surface area (Å²) in [7, 11) is -1.58. The lowest BCUT2D eigenvalue weighted by atomic mass is 10.3. The fourth-order valence-electron chi connectivity index (χ4n) is 1.75. The number of benzene rings is 1. The van der Waals surface area contributed by atoms with Gasteiger partial charge in [-0.2, -0.15) is 0 Å². The Bertz CT molecular complexity index is 455. The molecule has 0 aliphatic carbocycles. The van der Waals surface area contributed by atoms with Crippen LogP contribution in [-0.4, -0.2) is 27.8 Å². The minimum absolute atomic E-state index is 0.227. The van der Waals surface area contributed by atoms with Crippen LogP contribution in [0.15, 0.2) is 24.3 Å². The van der Waals surface area contributed by atoms with Gasteiger partial charge in [-0.3, -0.25) is 4.31 Å². The van der Waals surface area contributed by atoms with E-state index in [2.05, 4.69) is 0 Å². The van der Waals surface area contributed by atoms with E-state index < -0.39 is 10.0 Å². The summed E-state index contributed by atoms with van der Waals surface area (Å²) in [6.07, 6.45) is 0.681. The van der Waals surface area contributed by atoms with Crippen LogP contribution in [0.1, 0.15) is 6.42 Å². The first-order valence-corrected chi connectivity index (χ1v) is 6.39. The molecule has 82 valence electrons.